The fraction of sp³-hybridized carbons (Fsp3) is 0.444. The number of esters is 2. The highest BCUT2D eigenvalue weighted by Crippen LogP contribution is 2.28. The molecule has 146 valence electrons. The highest BCUT2D eigenvalue weighted by atomic mass is 32.2. The topological polar surface area (TPSA) is 103 Å². The SMILES string of the molecule is CCOC(=O)c1oc2ccccc2c1COC(=O)[C@@H]1CCCN1S(C)(=O)=O. The fourth-order valence-corrected chi connectivity index (χ4v) is 4.33. The number of ether oxygens (including phenoxy) is 2. The van der Waals surface area contributed by atoms with E-state index in [9.17, 15) is 18.0 Å². The largest absolute Gasteiger partial charge is 0.460 e. The average Bonchev–Trinajstić information content (AvgIpc) is 3.24. The molecule has 0 amide bonds. The van der Waals surface area contributed by atoms with E-state index in [1.54, 1.807) is 31.2 Å². The quantitative estimate of drug-likeness (QED) is 0.690. The van der Waals surface area contributed by atoms with Gasteiger partial charge in [-0.15, -0.1) is 0 Å². The second-order valence-electron chi connectivity index (χ2n) is 6.27. The number of sulfonamides is 1. The minimum atomic E-state index is -3.49. The van der Waals surface area contributed by atoms with Gasteiger partial charge in [-0.25, -0.2) is 13.2 Å². The van der Waals surface area contributed by atoms with Crippen LogP contribution in [0.15, 0.2) is 28.7 Å². The van der Waals surface area contributed by atoms with Crippen LogP contribution in [0, 0.1) is 0 Å². The molecule has 0 spiro atoms. The third-order valence-corrected chi connectivity index (χ3v) is 5.71. The maximum absolute atomic E-state index is 12.5. The highest BCUT2D eigenvalue weighted by molar-refractivity contribution is 7.88. The first-order valence-electron chi connectivity index (χ1n) is 8.64. The second-order valence-corrected chi connectivity index (χ2v) is 8.20. The van der Waals surface area contributed by atoms with Crippen molar-refractivity contribution >= 4 is 32.9 Å². The van der Waals surface area contributed by atoms with Crippen molar-refractivity contribution in [2.45, 2.75) is 32.4 Å². The van der Waals surface area contributed by atoms with Crippen molar-refractivity contribution in [3.8, 4) is 0 Å². The summed E-state index contributed by atoms with van der Waals surface area (Å²) < 4.78 is 40.7. The van der Waals surface area contributed by atoms with Crippen molar-refractivity contribution in [1.29, 1.82) is 0 Å². The lowest BCUT2D eigenvalue weighted by Gasteiger charge is -2.20. The number of hydrogen-bond acceptors (Lipinski definition) is 7. The van der Waals surface area contributed by atoms with Crippen LogP contribution in [-0.4, -0.2) is 50.1 Å². The van der Waals surface area contributed by atoms with E-state index in [1.807, 2.05) is 0 Å². The molecule has 8 nitrogen and oxygen atoms in total. The van der Waals surface area contributed by atoms with Crippen molar-refractivity contribution in [3.63, 3.8) is 0 Å². The third-order valence-electron chi connectivity index (χ3n) is 4.42. The van der Waals surface area contributed by atoms with Crippen molar-refractivity contribution in [2.75, 3.05) is 19.4 Å². The van der Waals surface area contributed by atoms with E-state index in [-0.39, 0.29) is 19.0 Å². The molecule has 1 aromatic heterocycles. The van der Waals surface area contributed by atoms with Crippen LogP contribution in [0.25, 0.3) is 11.0 Å². The first-order valence-corrected chi connectivity index (χ1v) is 10.5. The molecule has 0 aliphatic carbocycles. The van der Waals surface area contributed by atoms with Gasteiger partial charge in [0.05, 0.1) is 18.4 Å². The molecule has 0 saturated carbocycles. The number of hydrogen-bond donors (Lipinski definition) is 0. The molecule has 0 unspecified atom stereocenters. The summed E-state index contributed by atoms with van der Waals surface area (Å²) >= 11 is 0. The average molecular weight is 395 g/mol. The summed E-state index contributed by atoms with van der Waals surface area (Å²) in [5.74, 6) is -1.30. The minimum absolute atomic E-state index is 0.0164. The molecule has 0 N–H and O–H groups in total. The number of fused-ring (bicyclic) bond motifs is 1. The van der Waals surface area contributed by atoms with Gasteiger partial charge >= 0.3 is 11.9 Å². The molecule has 1 aliphatic rings. The number of benzene rings is 1. The summed E-state index contributed by atoms with van der Waals surface area (Å²) in [6.07, 6.45) is 2.07. The summed E-state index contributed by atoms with van der Waals surface area (Å²) in [7, 11) is -3.49. The Labute approximate surface area is 157 Å². The summed E-state index contributed by atoms with van der Waals surface area (Å²) in [6.45, 7) is 1.94. The Hall–Kier alpha value is -2.39. The zero-order valence-corrected chi connectivity index (χ0v) is 16.0. The predicted molar refractivity (Wildman–Crippen MR) is 96.5 cm³/mol. The first kappa shape index (κ1) is 19.4. The Morgan fingerprint density at radius 2 is 2.00 bits per heavy atom. The molecule has 1 aromatic carbocycles. The van der Waals surface area contributed by atoms with Crippen molar-refractivity contribution < 1.29 is 31.9 Å². The van der Waals surface area contributed by atoms with Crippen molar-refractivity contribution in [2.24, 2.45) is 0 Å². The Bertz CT molecular complexity index is 963. The Morgan fingerprint density at radius 3 is 2.70 bits per heavy atom. The predicted octanol–water partition coefficient (Wildman–Crippen LogP) is 2.08. The van der Waals surface area contributed by atoms with Crippen LogP contribution in [0.5, 0.6) is 0 Å². The minimum Gasteiger partial charge on any atom is -0.460 e. The molecule has 27 heavy (non-hydrogen) atoms. The molecule has 1 saturated heterocycles. The number of carbonyl (C=O) groups is 2. The maximum atomic E-state index is 12.5. The Morgan fingerprint density at radius 1 is 1.26 bits per heavy atom. The maximum Gasteiger partial charge on any atom is 0.374 e. The van der Waals surface area contributed by atoms with Gasteiger partial charge in [-0.1, -0.05) is 18.2 Å². The first-order chi connectivity index (χ1) is 12.8. The van der Waals surface area contributed by atoms with Crippen LogP contribution in [0.1, 0.15) is 35.9 Å². The van der Waals surface area contributed by atoms with Crippen molar-refractivity contribution in [3.05, 3.63) is 35.6 Å². The van der Waals surface area contributed by atoms with Gasteiger partial charge < -0.3 is 13.9 Å². The van der Waals surface area contributed by atoms with Crippen LogP contribution in [-0.2, 0) is 30.9 Å². The Kier molecular flexibility index (Phi) is 5.52. The van der Waals surface area contributed by atoms with Gasteiger partial charge in [0.2, 0.25) is 15.8 Å². The Balaban J connectivity index is 1.83. The van der Waals surface area contributed by atoms with Crippen LogP contribution >= 0.6 is 0 Å². The lowest BCUT2D eigenvalue weighted by atomic mass is 10.1. The highest BCUT2D eigenvalue weighted by Gasteiger charge is 2.37. The number of nitrogens with zero attached hydrogens (tertiary/aromatic N) is 1. The fourth-order valence-electron chi connectivity index (χ4n) is 3.22. The summed E-state index contributed by atoms with van der Waals surface area (Å²) in [5, 5.41) is 0.639. The van der Waals surface area contributed by atoms with Gasteiger partial charge in [0.1, 0.15) is 18.2 Å². The van der Waals surface area contributed by atoms with Crippen LogP contribution in [0.4, 0.5) is 0 Å². The summed E-state index contributed by atoms with van der Waals surface area (Å²) in [5.41, 5.74) is 0.881. The van der Waals surface area contributed by atoms with Gasteiger partial charge in [-0.3, -0.25) is 4.79 Å². The standard InChI is InChI=1S/C18H21NO7S/c1-3-24-18(21)16-13(12-7-4-5-9-15(12)26-16)11-25-17(20)14-8-6-10-19(14)27(2,22)23/h4-5,7,9,14H,3,6,8,10-11H2,1-2H3/t14-/m0/s1. The number of carbonyl (C=O) groups excluding carboxylic acids is 2. The molecule has 2 aromatic rings. The third kappa shape index (κ3) is 3.98. The number of rotatable bonds is 6. The second kappa shape index (κ2) is 7.69. The molecule has 2 heterocycles. The van der Waals surface area contributed by atoms with E-state index in [0.29, 0.717) is 35.9 Å². The van der Waals surface area contributed by atoms with Gasteiger partial charge in [-0.2, -0.15) is 4.31 Å². The lowest BCUT2D eigenvalue weighted by molar-refractivity contribution is -0.148. The smallest absolute Gasteiger partial charge is 0.374 e. The molecule has 1 atom stereocenters. The van der Waals surface area contributed by atoms with E-state index in [4.69, 9.17) is 13.9 Å². The van der Waals surface area contributed by atoms with E-state index in [2.05, 4.69) is 0 Å². The molecule has 3 rings (SSSR count). The molecule has 1 fully saturated rings. The zero-order valence-electron chi connectivity index (χ0n) is 15.1. The zero-order chi connectivity index (χ0) is 19.6. The van der Waals surface area contributed by atoms with Gasteiger partial charge in [0.15, 0.2) is 0 Å². The number of furan rings is 1. The summed E-state index contributed by atoms with van der Waals surface area (Å²) in [4.78, 5) is 24.6. The van der Waals surface area contributed by atoms with Gasteiger partial charge in [0, 0.05) is 11.9 Å². The molecule has 9 heteroatoms. The molecular weight excluding hydrogens is 374 g/mol. The normalized spacial score (nSPS) is 17.9. The van der Waals surface area contributed by atoms with E-state index in [1.165, 1.54) is 0 Å². The van der Waals surface area contributed by atoms with Gasteiger partial charge in [0.25, 0.3) is 0 Å². The van der Waals surface area contributed by atoms with Crippen LogP contribution < -0.4 is 0 Å². The van der Waals surface area contributed by atoms with E-state index >= 15 is 0 Å². The molecular formula is C18H21NO7S. The molecule has 1 aliphatic heterocycles. The van der Waals surface area contributed by atoms with Crippen molar-refractivity contribution in [1.82, 2.24) is 4.31 Å². The van der Waals surface area contributed by atoms with Crippen LogP contribution in [0.3, 0.4) is 0 Å². The molecule has 0 bridgehead atoms. The number of para-hydroxylation sites is 1. The molecule has 0 radical (unpaired) electrons. The monoisotopic (exact) mass is 395 g/mol. The van der Waals surface area contributed by atoms with E-state index in [0.717, 1.165) is 10.6 Å². The van der Waals surface area contributed by atoms with Crippen LogP contribution in [0.2, 0.25) is 0 Å². The van der Waals surface area contributed by atoms with E-state index < -0.39 is 28.0 Å². The lowest BCUT2D eigenvalue weighted by Crippen LogP contribution is -2.40. The summed E-state index contributed by atoms with van der Waals surface area (Å²) in [6, 6.07) is 6.15. The van der Waals surface area contributed by atoms with Gasteiger partial charge in [-0.05, 0) is 25.8 Å².